The molecule has 0 aliphatic carbocycles. The molecule has 154 valence electrons. The Hall–Kier alpha value is -4.33. The highest BCUT2D eigenvalue weighted by Crippen LogP contribution is 2.37. The van der Waals surface area contributed by atoms with Crippen LogP contribution in [0.1, 0.15) is 36.6 Å². The van der Waals surface area contributed by atoms with Crippen LogP contribution in [0.2, 0.25) is 0 Å². The normalized spacial score (nSPS) is 12.5. The van der Waals surface area contributed by atoms with Crippen LogP contribution >= 0.6 is 0 Å². The maximum atomic E-state index is 13.0. The maximum Gasteiger partial charge on any atom is 0.340 e. The number of hydrogen-bond acceptors (Lipinski definition) is 6. The average molecular weight is 415 g/mol. The Morgan fingerprint density at radius 3 is 2.19 bits per heavy atom. The quantitative estimate of drug-likeness (QED) is 0.507. The molecule has 2 aromatic carbocycles. The van der Waals surface area contributed by atoms with E-state index in [2.05, 4.69) is 10.3 Å². The minimum absolute atomic E-state index is 0.0151. The molecule has 1 aliphatic rings. The number of aromatic nitrogens is 1. The number of fused-ring (bicyclic) bond motifs is 1. The van der Waals surface area contributed by atoms with Gasteiger partial charge in [-0.2, -0.15) is 0 Å². The Labute approximate surface area is 177 Å². The van der Waals surface area contributed by atoms with Gasteiger partial charge in [-0.15, -0.1) is 0 Å². The van der Waals surface area contributed by atoms with Crippen molar-refractivity contribution in [3.05, 3.63) is 89.2 Å². The van der Waals surface area contributed by atoms with Crippen molar-refractivity contribution in [1.82, 2.24) is 4.98 Å². The van der Waals surface area contributed by atoms with Gasteiger partial charge >= 0.3 is 5.97 Å². The highest BCUT2D eigenvalue weighted by atomic mass is 16.5. The molecule has 0 radical (unpaired) electrons. The second-order valence-corrected chi connectivity index (χ2v) is 6.77. The smallest absolute Gasteiger partial charge is 0.340 e. The number of carbonyl (C=O) groups is 4. The topological polar surface area (TPSA) is 106 Å². The lowest BCUT2D eigenvalue weighted by atomic mass is 10.1. The van der Waals surface area contributed by atoms with Gasteiger partial charge in [0.2, 0.25) is 5.91 Å². The van der Waals surface area contributed by atoms with Crippen LogP contribution in [0.3, 0.4) is 0 Å². The van der Waals surface area contributed by atoms with Gasteiger partial charge in [0.25, 0.3) is 11.8 Å². The summed E-state index contributed by atoms with van der Waals surface area (Å²) < 4.78 is 4.83. The summed E-state index contributed by atoms with van der Waals surface area (Å²) >= 11 is 0. The third kappa shape index (κ3) is 3.66. The summed E-state index contributed by atoms with van der Waals surface area (Å²) in [6.45, 7) is 0. The minimum atomic E-state index is -0.739. The number of esters is 1. The predicted molar refractivity (Wildman–Crippen MR) is 112 cm³/mol. The molecule has 0 saturated carbocycles. The number of ether oxygens (including phenoxy) is 1. The Kier molecular flexibility index (Phi) is 5.28. The van der Waals surface area contributed by atoms with Crippen molar-refractivity contribution in [3.8, 4) is 0 Å². The number of imide groups is 1. The molecule has 1 N–H and O–H groups in total. The van der Waals surface area contributed by atoms with Crippen LogP contribution in [-0.2, 0) is 16.0 Å². The summed E-state index contributed by atoms with van der Waals surface area (Å²) in [7, 11) is 1.20. The first-order valence-electron chi connectivity index (χ1n) is 9.39. The third-order valence-electron chi connectivity index (χ3n) is 4.85. The third-order valence-corrected chi connectivity index (χ3v) is 4.85. The van der Waals surface area contributed by atoms with E-state index in [9.17, 15) is 19.2 Å². The molecule has 2 heterocycles. The van der Waals surface area contributed by atoms with Gasteiger partial charge in [0.05, 0.1) is 41.6 Å². The number of methoxy groups -OCH3 is 1. The van der Waals surface area contributed by atoms with E-state index in [4.69, 9.17) is 4.74 Å². The van der Waals surface area contributed by atoms with Crippen LogP contribution in [0.25, 0.3) is 0 Å². The number of amides is 3. The Morgan fingerprint density at radius 2 is 1.58 bits per heavy atom. The van der Waals surface area contributed by atoms with E-state index in [1.54, 1.807) is 36.7 Å². The summed E-state index contributed by atoms with van der Waals surface area (Å²) in [6.07, 6.45) is 3.20. The SMILES string of the molecule is COC(=O)c1cccc(NC(=O)Cc2ccncc2)c1N1C(=O)c2ccccc2C1=O. The van der Waals surface area contributed by atoms with E-state index in [0.717, 1.165) is 10.5 Å². The molecule has 31 heavy (non-hydrogen) atoms. The lowest BCUT2D eigenvalue weighted by Crippen LogP contribution is -2.32. The van der Waals surface area contributed by atoms with Crippen molar-refractivity contribution in [2.45, 2.75) is 6.42 Å². The van der Waals surface area contributed by atoms with E-state index in [-0.39, 0.29) is 40.4 Å². The molecule has 1 aromatic heterocycles. The molecule has 8 heteroatoms. The molecule has 3 amide bonds. The molecule has 3 aromatic rings. The first-order valence-corrected chi connectivity index (χ1v) is 9.39. The van der Waals surface area contributed by atoms with Gasteiger partial charge < -0.3 is 10.1 Å². The van der Waals surface area contributed by atoms with Crippen molar-refractivity contribution >= 4 is 35.1 Å². The van der Waals surface area contributed by atoms with Crippen LogP contribution < -0.4 is 10.2 Å². The highest BCUT2D eigenvalue weighted by Gasteiger charge is 2.39. The standard InChI is InChI=1S/C23H17N3O5/c1-31-23(30)17-7-4-8-18(25-19(27)13-14-9-11-24-12-10-14)20(17)26-21(28)15-5-2-3-6-16(15)22(26)29/h2-12H,13H2,1H3,(H,25,27). The second kappa shape index (κ2) is 8.19. The number of carbonyl (C=O) groups excluding carboxylic acids is 4. The highest BCUT2D eigenvalue weighted by molar-refractivity contribution is 6.36. The number of anilines is 2. The first-order chi connectivity index (χ1) is 15.0. The zero-order chi connectivity index (χ0) is 22.0. The molecular weight excluding hydrogens is 398 g/mol. The summed E-state index contributed by atoms with van der Waals surface area (Å²) in [5.41, 5.74) is 1.29. The summed E-state index contributed by atoms with van der Waals surface area (Å²) in [5, 5.41) is 2.71. The van der Waals surface area contributed by atoms with E-state index >= 15 is 0 Å². The maximum absolute atomic E-state index is 13.0. The van der Waals surface area contributed by atoms with E-state index in [0.29, 0.717) is 0 Å². The Bertz CT molecular complexity index is 1170. The van der Waals surface area contributed by atoms with Crippen LogP contribution in [-0.4, -0.2) is 35.8 Å². The van der Waals surface area contributed by atoms with Gasteiger partial charge in [0.15, 0.2) is 0 Å². The zero-order valence-electron chi connectivity index (χ0n) is 16.5. The Morgan fingerprint density at radius 1 is 0.935 bits per heavy atom. The van der Waals surface area contributed by atoms with Crippen LogP contribution in [0.15, 0.2) is 67.0 Å². The summed E-state index contributed by atoms with van der Waals surface area (Å²) in [6, 6.07) is 14.3. The van der Waals surface area contributed by atoms with Crippen molar-refractivity contribution in [3.63, 3.8) is 0 Å². The molecule has 4 rings (SSSR count). The fourth-order valence-corrected chi connectivity index (χ4v) is 3.43. The predicted octanol–water partition coefficient (Wildman–Crippen LogP) is 2.85. The van der Waals surface area contributed by atoms with Gasteiger partial charge in [-0.3, -0.25) is 19.4 Å². The minimum Gasteiger partial charge on any atom is -0.465 e. The van der Waals surface area contributed by atoms with Gasteiger partial charge in [-0.25, -0.2) is 9.69 Å². The molecule has 0 saturated heterocycles. The monoisotopic (exact) mass is 415 g/mol. The molecular formula is C23H17N3O5. The molecule has 0 unspecified atom stereocenters. The lowest BCUT2D eigenvalue weighted by Gasteiger charge is -2.21. The number of nitrogens with zero attached hydrogens (tertiary/aromatic N) is 2. The van der Waals surface area contributed by atoms with Crippen molar-refractivity contribution in [1.29, 1.82) is 0 Å². The summed E-state index contributed by atoms with van der Waals surface area (Å²) in [4.78, 5) is 55.9. The van der Waals surface area contributed by atoms with Crippen molar-refractivity contribution in [2.24, 2.45) is 0 Å². The summed E-state index contributed by atoms with van der Waals surface area (Å²) in [5.74, 6) is -2.29. The first kappa shape index (κ1) is 20.0. The number of pyridine rings is 1. The van der Waals surface area contributed by atoms with E-state index in [1.807, 2.05) is 0 Å². The lowest BCUT2D eigenvalue weighted by molar-refractivity contribution is -0.115. The zero-order valence-corrected chi connectivity index (χ0v) is 16.5. The largest absolute Gasteiger partial charge is 0.465 e. The fourth-order valence-electron chi connectivity index (χ4n) is 3.43. The molecule has 0 atom stereocenters. The molecule has 8 nitrogen and oxygen atoms in total. The molecule has 0 bridgehead atoms. The van der Waals surface area contributed by atoms with Crippen LogP contribution in [0.4, 0.5) is 11.4 Å². The molecule has 0 spiro atoms. The van der Waals surface area contributed by atoms with Crippen molar-refractivity contribution in [2.75, 3.05) is 17.3 Å². The fraction of sp³-hybridized carbons (Fsp3) is 0.0870. The Balaban J connectivity index is 1.76. The molecule has 1 aliphatic heterocycles. The van der Waals surface area contributed by atoms with Crippen LogP contribution in [0, 0.1) is 0 Å². The van der Waals surface area contributed by atoms with Gasteiger partial charge in [-0.05, 0) is 42.0 Å². The van der Waals surface area contributed by atoms with E-state index < -0.39 is 17.8 Å². The van der Waals surface area contributed by atoms with Crippen LogP contribution in [0.5, 0.6) is 0 Å². The average Bonchev–Trinajstić information content (AvgIpc) is 3.04. The number of rotatable bonds is 5. The second-order valence-electron chi connectivity index (χ2n) is 6.77. The van der Waals surface area contributed by atoms with Gasteiger partial charge in [0, 0.05) is 12.4 Å². The number of para-hydroxylation sites is 1. The number of nitrogens with one attached hydrogen (secondary N) is 1. The van der Waals surface area contributed by atoms with E-state index in [1.165, 1.54) is 37.4 Å². The van der Waals surface area contributed by atoms with Crippen molar-refractivity contribution < 1.29 is 23.9 Å². The van der Waals surface area contributed by atoms with Gasteiger partial charge in [0.1, 0.15) is 0 Å². The molecule has 0 fully saturated rings. The number of benzene rings is 2. The van der Waals surface area contributed by atoms with Gasteiger partial charge in [-0.1, -0.05) is 18.2 Å². The number of hydrogen-bond donors (Lipinski definition) is 1.